The molecular formula is C18H19F2N3O3. The number of urea groups is 1. The zero-order valence-electron chi connectivity index (χ0n) is 14.5. The summed E-state index contributed by atoms with van der Waals surface area (Å²) >= 11 is 0. The molecule has 3 N–H and O–H groups in total. The highest BCUT2D eigenvalue weighted by Crippen LogP contribution is 2.28. The molecule has 0 heterocycles. The average Bonchev–Trinajstić information content (AvgIpc) is 2.57. The monoisotopic (exact) mass is 363 g/mol. The number of carbonyl (C=O) groups excluding carboxylic acids is 2. The first-order valence-corrected chi connectivity index (χ1v) is 7.78. The molecule has 0 unspecified atom stereocenters. The third-order valence-electron chi connectivity index (χ3n) is 3.56. The van der Waals surface area contributed by atoms with Crippen molar-refractivity contribution in [1.82, 2.24) is 5.32 Å². The average molecular weight is 363 g/mol. The molecule has 0 bridgehead atoms. The first-order valence-electron chi connectivity index (χ1n) is 7.78. The van der Waals surface area contributed by atoms with Gasteiger partial charge < -0.3 is 20.7 Å². The van der Waals surface area contributed by atoms with Gasteiger partial charge in [0.25, 0.3) is 0 Å². The van der Waals surface area contributed by atoms with Gasteiger partial charge in [0, 0.05) is 12.6 Å². The standard InChI is InChI=1S/C18H19F2N3O3/c1-10(12-4-6-14(19)15(20)8-12)21-18(25)23-16-9-13(22-11(2)24)5-7-17(16)26-3/h4-10H,1-3H3,(H,22,24)(H2,21,23,25)/t10-/m0/s1. The van der Waals surface area contributed by atoms with Crippen LogP contribution in [0.3, 0.4) is 0 Å². The number of hydrogen-bond acceptors (Lipinski definition) is 3. The molecule has 0 aliphatic carbocycles. The Labute approximate surface area is 149 Å². The minimum atomic E-state index is -0.985. The number of benzene rings is 2. The number of hydrogen-bond donors (Lipinski definition) is 3. The second-order valence-electron chi connectivity index (χ2n) is 5.59. The molecular weight excluding hydrogens is 344 g/mol. The third kappa shape index (κ3) is 4.92. The molecule has 26 heavy (non-hydrogen) atoms. The molecule has 3 amide bonds. The van der Waals surface area contributed by atoms with Crippen LogP contribution in [0.1, 0.15) is 25.5 Å². The van der Waals surface area contributed by atoms with Crippen LogP contribution in [0.4, 0.5) is 25.0 Å². The van der Waals surface area contributed by atoms with E-state index in [0.717, 1.165) is 12.1 Å². The smallest absolute Gasteiger partial charge is 0.319 e. The number of halogens is 2. The summed E-state index contributed by atoms with van der Waals surface area (Å²) in [5.41, 5.74) is 1.24. The molecule has 0 aliphatic heterocycles. The van der Waals surface area contributed by atoms with Gasteiger partial charge in [-0.05, 0) is 42.8 Å². The summed E-state index contributed by atoms with van der Waals surface area (Å²) in [6.07, 6.45) is 0. The molecule has 0 spiro atoms. The van der Waals surface area contributed by atoms with Crippen molar-refractivity contribution in [2.24, 2.45) is 0 Å². The van der Waals surface area contributed by atoms with Gasteiger partial charge in [0.2, 0.25) is 5.91 Å². The quantitative estimate of drug-likeness (QED) is 0.756. The Morgan fingerprint density at radius 2 is 1.77 bits per heavy atom. The van der Waals surface area contributed by atoms with Crippen LogP contribution in [0, 0.1) is 11.6 Å². The summed E-state index contributed by atoms with van der Waals surface area (Å²) in [6.45, 7) is 3.00. The van der Waals surface area contributed by atoms with Crippen molar-refractivity contribution in [3.8, 4) is 5.75 Å². The molecule has 0 fully saturated rings. The minimum Gasteiger partial charge on any atom is -0.495 e. The van der Waals surface area contributed by atoms with Gasteiger partial charge in [0.15, 0.2) is 11.6 Å². The van der Waals surface area contributed by atoms with E-state index in [-0.39, 0.29) is 5.91 Å². The van der Waals surface area contributed by atoms with Crippen LogP contribution in [0.15, 0.2) is 36.4 Å². The number of amides is 3. The van der Waals surface area contributed by atoms with Crippen LogP contribution in [-0.2, 0) is 4.79 Å². The maximum Gasteiger partial charge on any atom is 0.319 e. The first kappa shape index (κ1) is 19.2. The fourth-order valence-corrected chi connectivity index (χ4v) is 2.31. The highest BCUT2D eigenvalue weighted by molar-refractivity contribution is 5.94. The van der Waals surface area contributed by atoms with E-state index in [1.807, 2.05) is 0 Å². The van der Waals surface area contributed by atoms with Crippen molar-refractivity contribution < 1.29 is 23.1 Å². The van der Waals surface area contributed by atoms with E-state index in [9.17, 15) is 18.4 Å². The molecule has 2 rings (SSSR count). The zero-order chi connectivity index (χ0) is 19.3. The number of carbonyl (C=O) groups is 2. The Balaban J connectivity index is 2.10. The van der Waals surface area contributed by atoms with E-state index in [2.05, 4.69) is 16.0 Å². The molecule has 0 aromatic heterocycles. The lowest BCUT2D eigenvalue weighted by atomic mass is 10.1. The van der Waals surface area contributed by atoms with Crippen LogP contribution in [0.5, 0.6) is 5.75 Å². The highest BCUT2D eigenvalue weighted by Gasteiger charge is 2.14. The maximum atomic E-state index is 13.3. The molecule has 0 saturated heterocycles. The largest absolute Gasteiger partial charge is 0.495 e. The highest BCUT2D eigenvalue weighted by atomic mass is 19.2. The fraction of sp³-hybridized carbons (Fsp3) is 0.222. The van der Waals surface area contributed by atoms with Crippen molar-refractivity contribution in [2.45, 2.75) is 19.9 Å². The molecule has 2 aromatic rings. The predicted molar refractivity (Wildman–Crippen MR) is 94.2 cm³/mol. The van der Waals surface area contributed by atoms with Gasteiger partial charge in [0.05, 0.1) is 18.8 Å². The molecule has 0 saturated carbocycles. The molecule has 2 aromatic carbocycles. The van der Waals surface area contributed by atoms with Crippen LogP contribution >= 0.6 is 0 Å². The summed E-state index contributed by atoms with van der Waals surface area (Å²) in [7, 11) is 1.44. The number of rotatable bonds is 5. The topological polar surface area (TPSA) is 79.5 Å². The van der Waals surface area contributed by atoms with Gasteiger partial charge in [-0.2, -0.15) is 0 Å². The Morgan fingerprint density at radius 1 is 1.04 bits per heavy atom. The number of anilines is 2. The van der Waals surface area contributed by atoms with Crippen molar-refractivity contribution in [3.05, 3.63) is 53.6 Å². The second-order valence-corrected chi connectivity index (χ2v) is 5.59. The summed E-state index contributed by atoms with van der Waals surface area (Å²) in [5.74, 6) is -1.79. The van der Waals surface area contributed by atoms with E-state index in [1.165, 1.54) is 20.1 Å². The predicted octanol–water partition coefficient (Wildman–Crippen LogP) is 3.81. The van der Waals surface area contributed by atoms with Crippen LogP contribution in [0.2, 0.25) is 0 Å². The Morgan fingerprint density at radius 3 is 2.38 bits per heavy atom. The van der Waals surface area contributed by atoms with Crippen molar-refractivity contribution in [3.63, 3.8) is 0 Å². The Kier molecular flexibility index (Phi) is 6.11. The fourth-order valence-electron chi connectivity index (χ4n) is 2.31. The lowest BCUT2D eigenvalue weighted by Crippen LogP contribution is -2.31. The number of ether oxygens (including phenoxy) is 1. The van der Waals surface area contributed by atoms with Crippen LogP contribution in [0.25, 0.3) is 0 Å². The van der Waals surface area contributed by atoms with Gasteiger partial charge in [-0.1, -0.05) is 6.07 Å². The van der Waals surface area contributed by atoms with Gasteiger partial charge >= 0.3 is 6.03 Å². The SMILES string of the molecule is COc1ccc(NC(C)=O)cc1NC(=O)N[C@@H](C)c1ccc(F)c(F)c1. The molecule has 0 aliphatic rings. The van der Waals surface area contributed by atoms with E-state index < -0.39 is 23.7 Å². The molecule has 0 radical (unpaired) electrons. The van der Waals surface area contributed by atoms with Crippen molar-refractivity contribution >= 4 is 23.3 Å². The van der Waals surface area contributed by atoms with Crippen LogP contribution in [-0.4, -0.2) is 19.0 Å². The Bertz CT molecular complexity index is 827. The summed E-state index contributed by atoms with van der Waals surface area (Å²) < 4.78 is 31.5. The third-order valence-corrected chi connectivity index (χ3v) is 3.56. The van der Waals surface area contributed by atoms with Crippen LogP contribution < -0.4 is 20.7 Å². The number of methoxy groups -OCH3 is 1. The van der Waals surface area contributed by atoms with Crippen molar-refractivity contribution in [2.75, 3.05) is 17.7 Å². The summed E-state index contributed by atoms with van der Waals surface area (Å²) in [6, 6.07) is 7.06. The maximum absolute atomic E-state index is 13.3. The molecule has 1 atom stereocenters. The van der Waals surface area contributed by atoms with Gasteiger partial charge in [-0.3, -0.25) is 4.79 Å². The summed E-state index contributed by atoms with van der Waals surface area (Å²) in [5, 5.41) is 7.83. The van der Waals surface area contributed by atoms with Gasteiger partial charge in [0.1, 0.15) is 5.75 Å². The van der Waals surface area contributed by atoms with Gasteiger partial charge in [-0.15, -0.1) is 0 Å². The zero-order valence-corrected chi connectivity index (χ0v) is 14.5. The first-order chi connectivity index (χ1) is 12.3. The number of nitrogens with one attached hydrogen (secondary N) is 3. The lowest BCUT2D eigenvalue weighted by Gasteiger charge is -2.17. The second kappa shape index (κ2) is 8.28. The lowest BCUT2D eigenvalue weighted by molar-refractivity contribution is -0.114. The minimum absolute atomic E-state index is 0.252. The normalized spacial score (nSPS) is 11.4. The Hall–Kier alpha value is -3.16. The molecule has 6 nitrogen and oxygen atoms in total. The van der Waals surface area contributed by atoms with E-state index in [0.29, 0.717) is 22.7 Å². The van der Waals surface area contributed by atoms with Gasteiger partial charge in [-0.25, -0.2) is 13.6 Å². The molecule has 138 valence electrons. The van der Waals surface area contributed by atoms with E-state index >= 15 is 0 Å². The molecule has 8 heteroatoms. The van der Waals surface area contributed by atoms with E-state index in [1.54, 1.807) is 25.1 Å². The van der Waals surface area contributed by atoms with Crippen molar-refractivity contribution in [1.29, 1.82) is 0 Å². The summed E-state index contributed by atoms with van der Waals surface area (Å²) in [4.78, 5) is 23.4. The van der Waals surface area contributed by atoms with E-state index in [4.69, 9.17) is 4.74 Å².